The highest BCUT2D eigenvalue weighted by atomic mass is 35.5. The highest BCUT2D eigenvalue weighted by molar-refractivity contribution is 6.31. The van der Waals surface area contributed by atoms with Gasteiger partial charge in [-0.2, -0.15) is 5.10 Å². The molecule has 1 amide bonds. The quantitative estimate of drug-likeness (QED) is 0.781. The van der Waals surface area contributed by atoms with Crippen LogP contribution >= 0.6 is 11.6 Å². The molecule has 0 aromatic carbocycles. The highest BCUT2D eigenvalue weighted by Crippen LogP contribution is 2.18. The van der Waals surface area contributed by atoms with Crippen molar-refractivity contribution in [2.45, 2.75) is 20.4 Å². The third-order valence-corrected chi connectivity index (χ3v) is 2.57. The normalized spacial score (nSPS) is 10.4. The van der Waals surface area contributed by atoms with Crippen molar-refractivity contribution in [1.82, 2.24) is 15.1 Å². The Morgan fingerprint density at radius 1 is 1.60 bits per heavy atom. The predicted molar refractivity (Wildman–Crippen MR) is 56.8 cm³/mol. The van der Waals surface area contributed by atoms with Crippen LogP contribution in [0.5, 0.6) is 0 Å². The predicted octanol–water partition coefficient (Wildman–Crippen LogP) is 0.262. The number of halogens is 1. The van der Waals surface area contributed by atoms with E-state index in [1.165, 1.54) is 0 Å². The van der Waals surface area contributed by atoms with Crippen molar-refractivity contribution in [3.8, 4) is 0 Å². The van der Waals surface area contributed by atoms with Crippen LogP contribution in [-0.2, 0) is 11.3 Å². The van der Waals surface area contributed by atoms with Crippen molar-refractivity contribution in [3.63, 3.8) is 0 Å². The van der Waals surface area contributed by atoms with Gasteiger partial charge in [-0.1, -0.05) is 11.6 Å². The van der Waals surface area contributed by atoms with Crippen LogP contribution in [0.4, 0.5) is 0 Å². The van der Waals surface area contributed by atoms with Crippen LogP contribution in [0.25, 0.3) is 0 Å². The summed E-state index contributed by atoms with van der Waals surface area (Å²) in [5.74, 6) is -0.189. The van der Waals surface area contributed by atoms with E-state index in [4.69, 9.17) is 16.7 Å². The first-order valence-corrected chi connectivity index (χ1v) is 5.01. The van der Waals surface area contributed by atoms with E-state index < -0.39 is 0 Å². The van der Waals surface area contributed by atoms with E-state index in [2.05, 4.69) is 10.4 Å². The SMILES string of the molecule is Cc1nn(CC(=O)NCCO)c(C)c1Cl. The van der Waals surface area contributed by atoms with Crippen molar-refractivity contribution >= 4 is 17.5 Å². The van der Waals surface area contributed by atoms with Gasteiger partial charge < -0.3 is 10.4 Å². The Hall–Kier alpha value is -1.07. The maximum Gasteiger partial charge on any atom is 0.241 e. The number of nitrogens with zero attached hydrogens (tertiary/aromatic N) is 2. The molecule has 0 saturated heterocycles. The molecule has 1 heterocycles. The third kappa shape index (κ3) is 2.94. The zero-order valence-electron chi connectivity index (χ0n) is 8.75. The third-order valence-electron chi connectivity index (χ3n) is 2.02. The number of amides is 1. The summed E-state index contributed by atoms with van der Waals surface area (Å²) in [7, 11) is 0. The first-order chi connectivity index (χ1) is 7.06. The van der Waals surface area contributed by atoms with Crippen LogP contribution in [0.1, 0.15) is 11.4 Å². The summed E-state index contributed by atoms with van der Waals surface area (Å²) in [5.41, 5.74) is 1.48. The summed E-state index contributed by atoms with van der Waals surface area (Å²) in [6.45, 7) is 3.91. The van der Waals surface area contributed by atoms with E-state index in [-0.39, 0.29) is 25.6 Å². The minimum absolute atomic E-state index is 0.0659. The Morgan fingerprint density at radius 2 is 2.27 bits per heavy atom. The number of hydrogen-bond donors (Lipinski definition) is 2. The van der Waals surface area contributed by atoms with E-state index >= 15 is 0 Å². The zero-order valence-corrected chi connectivity index (χ0v) is 9.51. The standard InChI is InChI=1S/C9H14ClN3O2/c1-6-9(10)7(2)13(12-6)5-8(15)11-3-4-14/h14H,3-5H2,1-2H3,(H,11,15). The second-order valence-corrected chi connectivity index (χ2v) is 3.59. The maximum atomic E-state index is 11.3. The second-order valence-electron chi connectivity index (χ2n) is 3.22. The summed E-state index contributed by atoms with van der Waals surface area (Å²) in [6, 6.07) is 0. The lowest BCUT2D eigenvalue weighted by molar-refractivity contribution is -0.122. The van der Waals surface area contributed by atoms with Crippen LogP contribution < -0.4 is 5.32 Å². The van der Waals surface area contributed by atoms with Gasteiger partial charge in [0.05, 0.1) is 23.0 Å². The number of hydrogen-bond acceptors (Lipinski definition) is 3. The molecular weight excluding hydrogens is 218 g/mol. The molecule has 84 valence electrons. The molecule has 0 fully saturated rings. The van der Waals surface area contributed by atoms with Crippen LogP contribution in [-0.4, -0.2) is 33.9 Å². The topological polar surface area (TPSA) is 67.2 Å². The van der Waals surface area contributed by atoms with Gasteiger partial charge >= 0.3 is 0 Å². The fourth-order valence-electron chi connectivity index (χ4n) is 1.22. The Morgan fingerprint density at radius 3 is 2.73 bits per heavy atom. The molecule has 0 aliphatic carbocycles. The average Bonchev–Trinajstić information content (AvgIpc) is 2.43. The number of aryl methyl sites for hydroxylation is 1. The smallest absolute Gasteiger partial charge is 0.241 e. The molecule has 1 aromatic rings. The molecule has 15 heavy (non-hydrogen) atoms. The van der Waals surface area contributed by atoms with Crippen molar-refractivity contribution in [2.75, 3.05) is 13.2 Å². The van der Waals surface area contributed by atoms with Gasteiger partial charge in [-0.15, -0.1) is 0 Å². The molecule has 0 aliphatic heterocycles. The molecule has 0 radical (unpaired) electrons. The number of aromatic nitrogens is 2. The van der Waals surface area contributed by atoms with E-state index in [0.29, 0.717) is 10.7 Å². The van der Waals surface area contributed by atoms with Crippen molar-refractivity contribution < 1.29 is 9.90 Å². The zero-order chi connectivity index (χ0) is 11.4. The number of aliphatic hydroxyl groups is 1. The molecular formula is C9H14ClN3O2. The van der Waals surface area contributed by atoms with Gasteiger partial charge in [-0.25, -0.2) is 0 Å². The monoisotopic (exact) mass is 231 g/mol. The van der Waals surface area contributed by atoms with Gasteiger partial charge in [-0.05, 0) is 13.8 Å². The average molecular weight is 232 g/mol. The molecule has 1 aromatic heterocycles. The Balaban J connectivity index is 2.64. The minimum Gasteiger partial charge on any atom is -0.395 e. The minimum atomic E-state index is -0.189. The molecule has 0 atom stereocenters. The Labute approximate surface area is 93.0 Å². The largest absolute Gasteiger partial charge is 0.395 e. The molecule has 0 saturated carbocycles. The summed E-state index contributed by atoms with van der Waals surface area (Å²) in [4.78, 5) is 11.3. The lowest BCUT2D eigenvalue weighted by Crippen LogP contribution is -2.30. The van der Waals surface area contributed by atoms with E-state index in [0.717, 1.165) is 5.69 Å². The van der Waals surface area contributed by atoms with Crippen molar-refractivity contribution in [2.24, 2.45) is 0 Å². The first-order valence-electron chi connectivity index (χ1n) is 4.63. The van der Waals surface area contributed by atoms with Gasteiger partial charge in [0.25, 0.3) is 0 Å². The second kappa shape index (κ2) is 5.14. The molecule has 0 bridgehead atoms. The number of nitrogens with one attached hydrogen (secondary N) is 1. The fourth-order valence-corrected chi connectivity index (χ4v) is 1.35. The van der Waals surface area contributed by atoms with Gasteiger partial charge in [0.2, 0.25) is 5.91 Å². The van der Waals surface area contributed by atoms with Crippen molar-refractivity contribution in [3.05, 3.63) is 16.4 Å². The van der Waals surface area contributed by atoms with Crippen LogP contribution in [0.3, 0.4) is 0 Å². The summed E-state index contributed by atoms with van der Waals surface area (Å²) in [5, 5.41) is 15.8. The highest BCUT2D eigenvalue weighted by Gasteiger charge is 2.11. The fraction of sp³-hybridized carbons (Fsp3) is 0.556. The van der Waals surface area contributed by atoms with Gasteiger partial charge in [0.15, 0.2) is 0 Å². The van der Waals surface area contributed by atoms with Crippen LogP contribution in [0.15, 0.2) is 0 Å². The maximum absolute atomic E-state index is 11.3. The van der Waals surface area contributed by atoms with Crippen LogP contribution in [0, 0.1) is 13.8 Å². The molecule has 5 nitrogen and oxygen atoms in total. The number of rotatable bonds is 4. The van der Waals surface area contributed by atoms with Crippen LogP contribution in [0.2, 0.25) is 5.02 Å². The van der Waals surface area contributed by atoms with E-state index in [1.54, 1.807) is 11.6 Å². The summed E-state index contributed by atoms with van der Waals surface area (Å²) in [6.07, 6.45) is 0. The number of carbonyl (C=O) groups excluding carboxylic acids is 1. The summed E-state index contributed by atoms with van der Waals surface area (Å²) < 4.78 is 1.55. The summed E-state index contributed by atoms with van der Waals surface area (Å²) >= 11 is 5.93. The van der Waals surface area contributed by atoms with E-state index in [9.17, 15) is 4.79 Å². The lowest BCUT2D eigenvalue weighted by Gasteiger charge is -2.04. The number of aliphatic hydroxyl groups excluding tert-OH is 1. The Bertz CT molecular complexity index is 362. The molecule has 6 heteroatoms. The molecule has 1 rings (SSSR count). The number of carbonyl (C=O) groups is 1. The van der Waals surface area contributed by atoms with Gasteiger partial charge in [0, 0.05) is 6.54 Å². The first kappa shape index (κ1) is 12.0. The molecule has 0 aliphatic rings. The van der Waals surface area contributed by atoms with E-state index in [1.807, 2.05) is 6.92 Å². The lowest BCUT2D eigenvalue weighted by atomic mass is 10.4. The molecule has 0 unspecified atom stereocenters. The van der Waals surface area contributed by atoms with Gasteiger partial charge in [-0.3, -0.25) is 9.48 Å². The van der Waals surface area contributed by atoms with Crippen molar-refractivity contribution in [1.29, 1.82) is 0 Å². The van der Waals surface area contributed by atoms with Gasteiger partial charge in [0.1, 0.15) is 6.54 Å². The Kier molecular flexibility index (Phi) is 4.11. The molecule has 2 N–H and O–H groups in total. The molecule has 0 spiro atoms.